The Balaban J connectivity index is 1.76. The molecule has 146 valence electrons. The fourth-order valence-corrected chi connectivity index (χ4v) is 3.37. The third kappa shape index (κ3) is 4.46. The first-order chi connectivity index (χ1) is 13.4. The molecule has 3 aromatic rings. The van der Waals surface area contributed by atoms with Crippen molar-refractivity contribution in [1.82, 2.24) is 9.78 Å². The number of benzene rings is 2. The topological polar surface area (TPSA) is 51.1 Å². The first kappa shape index (κ1) is 20.2. The highest BCUT2D eigenvalue weighted by Gasteiger charge is 2.14. The molecule has 0 spiro atoms. The summed E-state index contributed by atoms with van der Waals surface area (Å²) in [6.45, 7) is 6.59. The van der Waals surface area contributed by atoms with Gasteiger partial charge in [0.05, 0.1) is 30.7 Å². The predicted octanol–water partition coefficient (Wildman–Crippen LogP) is 5.33. The highest BCUT2D eigenvalue weighted by Crippen LogP contribution is 2.25. The van der Waals surface area contributed by atoms with Gasteiger partial charge in [0.25, 0.3) is 0 Å². The summed E-state index contributed by atoms with van der Waals surface area (Å²) < 4.78 is 7.26. The Morgan fingerprint density at radius 3 is 2.64 bits per heavy atom. The van der Waals surface area contributed by atoms with E-state index in [4.69, 9.17) is 28.6 Å². The number of aromatic nitrogens is 2. The lowest BCUT2D eigenvalue weighted by Gasteiger charge is -2.13. The number of halogens is 1. The number of nitrogens with one attached hydrogen (secondary N) is 2. The van der Waals surface area contributed by atoms with Gasteiger partial charge in [-0.15, -0.1) is 0 Å². The second-order valence-corrected chi connectivity index (χ2v) is 7.36. The maximum Gasteiger partial charge on any atom is 0.175 e. The molecule has 0 bridgehead atoms. The van der Waals surface area contributed by atoms with Crippen LogP contribution in [0, 0.1) is 20.8 Å². The van der Waals surface area contributed by atoms with Gasteiger partial charge in [-0.1, -0.05) is 29.8 Å². The van der Waals surface area contributed by atoms with Crippen LogP contribution >= 0.6 is 23.8 Å². The van der Waals surface area contributed by atoms with E-state index in [-0.39, 0.29) is 0 Å². The number of rotatable bonds is 5. The summed E-state index contributed by atoms with van der Waals surface area (Å²) in [5.74, 6) is 0.833. The number of anilines is 2. The van der Waals surface area contributed by atoms with E-state index >= 15 is 0 Å². The summed E-state index contributed by atoms with van der Waals surface area (Å²) >= 11 is 11.7. The molecule has 0 aliphatic rings. The Kier molecular flexibility index (Phi) is 6.21. The Labute approximate surface area is 175 Å². The molecule has 0 unspecified atom stereocenters. The number of hydrogen-bond acceptors (Lipinski definition) is 3. The lowest BCUT2D eigenvalue weighted by atomic mass is 10.2. The second-order valence-electron chi connectivity index (χ2n) is 6.55. The lowest BCUT2D eigenvalue weighted by Crippen LogP contribution is -2.20. The van der Waals surface area contributed by atoms with E-state index in [0.29, 0.717) is 16.7 Å². The molecular formula is C21H23ClN4OS. The zero-order chi connectivity index (χ0) is 20.3. The number of thiocarbonyl (C=S) groups is 1. The minimum Gasteiger partial charge on any atom is -0.497 e. The molecule has 0 radical (unpaired) electrons. The van der Waals surface area contributed by atoms with Crippen LogP contribution in [0.15, 0.2) is 42.5 Å². The Bertz CT molecular complexity index is 1020. The average Bonchev–Trinajstić information content (AvgIpc) is 2.93. The molecule has 0 atom stereocenters. The standard InChI is InChI=1S/C21H23ClN4OS/c1-13-18(22)9-6-10-19(13)23-21(28)24-20-14(2)25-26(15(20)3)12-16-7-5-8-17(11-16)27-4/h5-11H,12H2,1-4H3,(H2,23,24,28). The van der Waals surface area contributed by atoms with E-state index in [1.54, 1.807) is 7.11 Å². The first-order valence-corrected chi connectivity index (χ1v) is 9.67. The van der Waals surface area contributed by atoms with Gasteiger partial charge in [0, 0.05) is 10.7 Å². The lowest BCUT2D eigenvalue weighted by molar-refractivity contribution is 0.414. The van der Waals surface area contributed by atoms with Crippen LogP contribution in [0.1, 0.15) is 22.5 Å². The van der Waals surface area contributed by atoms with Crippen molar-refractivity contribution >= 4 is 40.3 Å². The van der Waals surface area contributed by atoms with Crippen LogP contribution in [-0.4, -0.2) is 22.0 Å². The van der Waals surface area contributed by atoms with Gasteiger partial charge < -0.3 is 15.4 Å². The van der Waals surface area contributed by atoms with Gasteiger partial charge in [-0.2, -0.15) is 5.10 Å². The largest absolute Gasteiger partial charge is 0.497 e. The van der Waals surface area contributed by atoms with Gasteiger partial charge in [0.15, 0.2) is 5.11 Å². The quantitative estimate of drug-likeness (QED) is 0.553. The van der Waals surface area contributed by atoms with Gasteiger partial charge in [0.2, 0.25) is 0 Å². The van der Waals surface area contributed by atoms with Crippen LogP contribution < -0.4 is 15.4 Å². The van der Waals surface area contributed by atoms with Crippen molar-refractivity contribution in [3.63, 3.8) is 0 Å². The van der Waals surface area contributed by atoms with Gasteiger partial charge in [0.1, 0.15) is 5.75 Å². The van der Waals surface area contributed by atoms with Crippen LogP contribution in [0.4, 0.5) is 11.4 Å². The fraction of sp³-hybridized carbons (Fsp3) is 0.238. The predicted molar refractivity (Wildman–Crippen MR) is 120 cm³/mol. The molecule has 0 saturated carbocycles. The number of ether oxygens (including phenoxy) is 1. The van der Waals surface area contributed by atoms with Gasteiger partial charge in [-0.25, -0.2) is 0 Å². The fourth-order valence-electron chi connectivity index (χ4n) is 2.99. The van der Waals surface area contributed by atoms with Crippen LogP contribution in [0.3, 0.4) is 0 Å². The highest BCUT2D eigenvalue weighted by molar-refractivity contribution is 7.80. The molecule has 1 aromatic heterocycles. The minimum absolute atomic E-state index is 0.498. The number of methoxy groups -OCH3 is 1. The average molecular weight is 415 g/mol. The van der Waals surface area contributed by atoms with Crippen LogP contribution in [0.25, 0.3) is 0 Å². The van der Waals surface area contributed by atoms with Crippen LogP contribution in [-0.2, 0) is 6.54 Å². The van der Waals surface area contributed by atoms with Gasteiger partial charge in [-0.05, 0) is 68.4 Å². The van der Waals surface area contributed by atoms with Crippen molar-refractivity contribution in [2.45, 2.75) is 27.3 Å². The Morgan fingerprint density at radius 2 is 1.89 bits per heavy atom. The number of hydrogen-bond donors (Lipinski definition) is 2. The van der Waals surface area contributed by atoms with Crippen molar-refractivity contribution in [3.05, 3.63) is 70.0 Å². The van der Waals surface area contributed by atoms with E-state index in [1.165, 1.54) is 0 Å². The smallest absolute Gasteiger partial charge is 0.175 e. The van der Waals surface area contributed by atoms with Crippen molar-refractivity contribution in [2.75, 3.05) is 17.7 Å². The van der Waals surface area contributed by atoms with Crippen molar-refractivity contribution in [3.8, 4) is 5.75 Å². The zero-order valence-electron chi connectivity index (χ0n) is 16.3. The Hall–Kier alpha value is -2.57. The molecule has 0 fully saturated rings. The summed E-state index contributed by atoms with van der Waals surface area (Å²) in [5, 5.41) is 12.3. The van der Waals surface area contributed by atoms with Crippen molar-refractivity contribution in [2.24, 2.45) is 0 Å². The van der Waals surface area contributed by atoms with E-state index in [9.17, 15) is 0 Å². The number of nitrogens with zero attached hydrogens (tertiary/aromatic N) is 2. The van der Waals surface area contributed by atoms with E-state index in [0.717, 1.165) is 39.6 Å². The summed E-state index contributed by atoms with van der Waals surface area (Å²) in [6.07, 6.45) is 0. The molecule has 7 heteroatoms. The molecule has 0 aliphatic heterocycles. The third-order valence-corrected chi connectivity index (χ3v) is 5.22. The molecule has 1 heterocycles. The van der Waals surface area contributed by atoms with E-state index in [2.05, 4.69) is 21.8 Å². The number of aryl methyl sites for hydroxylation is 1. The maximum atomic E-state index is 6.18. The second kappa shape index (κ2) is 8.63. The molecule has 5 nitrogen and oxygen atoms in total. The first-order valence-electron chi connectivity index (χ1n) is 8.89. The minimum atomic E-state index is 0.498. The molecule has 0 amide bonds. The maximum absolute atomic E-state index is 6.18. The molecule has 2 aromatic carbocycles. The van der Waals surface area contributed by atoms with Gasteiger partial charge >= 0.3 is 0 Å². The highest BCUT2D eigenvalue weighted by atomic mass is 35.5. The summed E-state index contributed by atoms with van der Waals surface area (Å²) in [7, 11) is 1.67. The van der Waals surface area contributed by atoms with Crippen LogP contribution in [0.2, 0.25) is 5.02 Å². The van der Waals surface area contributed by atoms with E-state index < -0.39 is 0 Å². The third-order valence-electron chi connectivity index (χ3n) is 4.60. The molecule has 2 N–H and O–H groups in total. The monoisotopic (exact) mass is 414 g/mol. The van der Waals surface area contributed by atoms with E-state index in [1.807, 2.05) is 61.9 Å². The molecule has 3 rings (SSSR count). The molecule has 28 heavy (non-hydrogen) atoms. The van der Waals surface area contributed by atoms with Crippen molar-refractivity contribution in [1.29, 1.82) is 0 Å². The van der Waals surface area contributed by atoms with Gasteiger partial charge in [-0.3, -0.25) is 4.68 Å². The summed E-state index contributed by atoms with van der Waals surface area (Å²) in [4.78, 5) is 0. The summed E-state index contributed by atoms with van der Waals surface area (Å²) in [5.41, 5.74) is 5.74. The Morgan fingerprint density at radius 1 is 1.14 bits per heavy atom. The molecular weight excluding hydrogens is 392 g/mol. The normalized spacial score (nSPS) is 10.6. The zero-order valence-corrected chi connectivity index (χ0v) is 17.9. The molecule has 0 saturated heterocycles. The van der Waals surface area contributed by atoms with Crippen molar-refractivity contribution < 1.29 is 4.74 Å². The van der Waals surface area contributed by atoms with Crippen LogP contribution in [0.5, 0.6) is 5.75 Å². The molecule has 0 aliphatic carbocycles. The SMILES string of the molecule is COc1cccc(Cn2nc(C)c(NC(=S)Nc3cccc(Cl)c3C)c2C)c1. The summed E-state index contributed by atoms with van der Waals surface area (Å²) in [6, 6.07) is 13.7.